The first-order valence-corrected chi connectivity index (χ1v) is 8.84. The number of aliphatic hydroxyl groups excluding tert-OH is 1. The number of halogens is 4. The van der Waals surface area contributed by atoms with Gasteiger partial charge in [0, 0.05) is 12.1 Å². The molecular weight excluding hydrogens is 406 g/mol. The molecule has 2 aromatic carbocycles. The van der Waals surface area contributed by atoms with Crippen molar-refractivity contribution in [1.29, 1.82) is 0 Å². The third-order valence-electron chi connectivity index (χ3n) is 4.06. The Labute approximate surface area is 168 Å². The maximum absolute atomic E-state index is 13.0. The van der Waals surface area contributed by atoms with Crippen LogP contribution >= 0.6 is 0 Å². The highest BCUT2D eigenvalue weighted by Crippen LogP contribution is 2.31. The lowest BCUT2D eigenvalue weighted by Gasteiger charge is -2.14. The van der Waals surface area contributed by atoms with Crippen molar-refractivity contribution in [3.8, 4) is 17.1 Å². The first-order valence-electron chi connectivity index (χ1n) is 8.84. The second-order valence-electron chi connectivity index (χ2n) is 6.37. The number of carbonyl (C=O) groups is 1. The highest BCUT2D eigenvalue weighted by molar-refractivity contribution is 5.92. The maximum Gasteiger partial charge on any atom is 0.416 e. The van der Waals surface area contributed by atoms with Crippen molar-refractivity contribution in [2.45, 2.75) is 12.3 Å². The van der Waals surface area contributed by atoms with Crippen LogP contribution in [0.4, 0.5) is 17.6 Å². The van der Waals surface area contributed by atoms with Gasteiger partial charge in [0.15, 0.2) is 5.76 Å². The summed E-state index contributed by atoms with van der Waals surface area (Å²) < 4.78 is 61.6. The molecule has 158 valence electrons. The van der Waals surface area contributed by atoms with Crippen molar-refractivity contribution in [1.82, 2.24) is 5.32 Å². The number of nitrogens with one attached hydrogen (secondary N) is 1. The summed E-state index contributed by atoms with van der Waals surface area (Å²) in [6.07, 6.45) is -5.66. The van der Waals surface area contributed by atoms with Gasteiger partial charge in [-0.15, -0.1) is 0 Å². The Morgan fingerprint density at radius 3 is 2.53 bits per heavy atom. The van der Waals surface area contributed by atoms with E-state index in [-0.39, 0.29) is 24.7 Å². The number of aliphatic hydroxyl groups is 1. The second kappa shape index (κ2) is 9.00. The largest absolute Gasteiger partial charge is 0.491 e. The van der Waals surface area contributed by atoms with E-state index in [9.17, 15) is 27.5 Å². The summed E-state index contributed by atoms with van der Waals surface area (Å²) in [6.45, 7) is -0.523. The number of alkyl halides is 3. The minimum atomic E-state index is -4.50. The summed E-state index contributed by atoms with van der Waals surface area (Å²) in [4.78, 5) is 12.1. The highest BCUT2D eigenvalue weighted by Gasteiger charge is 2.30. The second-order valence-corrected chi connectivity index (χ2v) is 6.37. The molecule has 0 aliphatic heterocycles. The summed E-state index contributed by atoms with van der Waals surface area (Å²) in [5.41, 5.74) is -0.275. The molecule has 0 fully saturated rings. The summed E-state index contributed by atoms with van der Waals surface area (Å²) in [5.74, 6) is -0.690. The molecule has 1 atom stereocenters. The van der Waals surface area contributed by atoms with Crippen LogP contribution in [0.3, 0.4) is 0 Å². The fourth-order valence-corrected chi connectivity index (χ4v) is 2.54. The van der Waals surface area contributed by atoms with Gasteiger partial charge in [0.1, 0.15) is 30.0 Å². The predicted octanol–water partition coefficient (Wildman–Crippen LogP) is 4.27. The molecule has 9 heteroatoms. The van der Waals surface area contributed by atoms with Crippen molar-refractivity contribution < 1.29 is 36.6 Å². The Hall–Kier alpha value is -3.33. The molecule has 0 saturated heterocycles. The van der Waals surface area contributed by atoms with Gasteiger partial charge in [0.2, 0.25) is 0 Å². The van der Waals surface area contributed by atoms with Crippen molar-refractivity contribution >= 4 is 5.91 Å². The molecule has 2 N–H and O–H groups in total. The van der Waals surface area contributed by atoms with E-state index in [2.05, 4.69) is 5.32 Å². The molecule has 3 aromatic rings. The molecule has 0 aliphatic carbocycles. The number of amides is 1. The monoisotopic (exact) mass is 423 g/mol. The van der Waals surface area contributed by atoms with Crippen LogP contribution < -0.4 is 10.1 Å². The van der Waals surface area contributed by atoms with Crippen LogP contribution in [0, 0.1) is 5.82 Å². The normalized spacial score (nSPS) is 12.4. The fourth-order valence-electron chi connectivity index (χ4n) is 2.54. The molecule has 1 aromatic heterocycles. The number of carbonyl (C=O) groups excluding carboxylic acids is 1. The van der Waals surface area contributed by atoms with Gasteiger partial charge in [-0.05, 0) is 54.6 Å². The van der Waals surface area contributed by atoms with Crippen LogP contribution in [0.2, 0.25) is 0 Å². The van der Waals surface area contributed by atoms with E-state index in [4.69, 9.17) is 9.15 Å². The fraction of sp³-hybridized carbons (Fsp3) is 0.190. The zero-order valence-corrected chi connectivity index (χ0v) is 15.4. The lowest BCUT2D eigenvalue weighted by molar-refractivity contribution is -0.137. The van der Waals surface area contributed by atoms with Crippen LogP contribution in [-0.2, 0) is 6.18 Å². The van der Waals surface area contributed by atoms with Crippen LogP contribution in [-0.4, -0.2) is 30.3 Å². The average molecular weight is 423 g/mol. The summed E-state index contributed by atoms with van der Waals surface area (Å²) in [6, 6.07) is 12.8. The lowest BCUT2D eigenvalue weighted by Crippen LogP contribution is -2.35. The van der Waals surface area contributed by atoms with Crippen molar-refractivity contribution in [2.24, 2.45) is 0 Å². The Morgan fingerprint density at radius 2 is 1.83 bits per heavy atom. The van der Waals surface area contributed by atoms with E-state index in [1.165, 1.54) is 42.5 Å². The summed E-state index contributed by atoms with van der Waals surface area (Å²) >= 11 is 0. The minimum Gasteiger partial charge on any atom is -0.491 e. The molecular formula is C21H17F4NO4. The SMILES string of the molecule is O=C(NCC(O)COc1cccc(C(F)(F)F)c1)c1ccc(-c2ccc(F)cc2)o1. The summed E-state index contributed by atoms with van der Waals surface area (Å²) in [7, 11) is 0. The molecule has 5 nitrogen and oxygen atoms in total. The van der Waals surface area contributed by atoms with Crippen LogP contribution in [0.5, 0.6) is 5.75 Å². The van der Waals surface area contributed by atoms with Gasteiger partial charge >= 0.3 is 6.18 Å². The molecule has 0 spiro atoms. The van der Waals surface area contributed by atoms with Crippen LogP contribution in [0.1, 0.15) is 16.1 Å². The Morgan fingerprint density at radius 1 is 1.10 bits per heavy atom. The van der Waals surface area contributed by atoms with Gasteiger partial charge in [-0.3, -0.25) is 4.79 Å². The number of benzene rings is 2. The van der Waals surface area contributed by atoms with E-state index >= 15 is 0 Å². The van der Waals surface area contributed by atoms with Crippen molar-refractivity contribution in [3.63, 3.8) is 0 Å². The third kappa shape index (κ3) is 5.60. The van der Waals surface area contributed by atoms with E-state index in [1.807, 2.05) is 0 Å². The number of furan rings is 1. The van der Waals surface area contributed by atoms with Gasteiger partial charge < -0.3 is 19.6 Å². The molecule has 0 radical (unpaired) electrons. The highest BCUT2D eigenvalue weighted by atomic mass is 19.4. The van der Waals surface area contributed by atoms with Gasteiger partial charge in [-0.2, -0.15) is 13.2 Å². The molecule has 1 amide bonds. The standard InChI is InChI=1S/C21H17F4NO4/c22-15-6-4-13(5-7-15)18-8-9-19(30-18)20(28)26-11-16(27)12-29-17-3-1-2-14(10-17)21(23,24)25/h1-10,16,27H,11-12H2,(H,26,28). The predicted molar refractivity (Wildman–Crippen MR) is 99.4 cm³/mol. The first-order chi connectivity index (χ1) is 14.2. The molecule has 1 heterocycles. The zero-order valence-electron chi connectivity index (χ0n) is 15.4. The number of rotatable bonds is 7. The van der Waals surface area contributed by atoms with Gasteiger partial charge in [0.25, 0.3) is 5.91 Å². The van der Waals surface area contributed by atoms with Gasteiger partial charge in [-0.1, -0.05) is 6.07 Å². The van der Waals surface area contributed by atoms with Crippen LogP contribution in [0.25, 0.3) is 11.3 Å². The Balaban J connectivity index is 1.50. The third-order valence-corrected chi connectivity index (χ3v) is 4.06. The average Bonchev–Trinajstić information content (AvgIpc) is 3.21. The molecule has 3 rings (SSSR count). The number of hydrogen-bond donors (Lipinski definition) is 2. The quantitative estimate of drug-likeness (QED) is 0.557. The topological polar surface area (TPSA) is 71.7 Å². The molecule has 0 saturated carbocycles. The van der Waals surface area contributed by atoms with Crippen molar-refractivity contribution in [2.75, 3.05) is 13.2 Å². The van der Waals surface area contributed by atoms with E-state index in [0.29, 0.717) is 11.3 Å². The van der Waals surface area contributed by atoms with E-state index < -0.39 is 29.6 Å². The van der Waals surface area contributed by atoms with Gasteiger partial charge in [0.05, 0.1) is 5.56 Å². The maximum atomic E-state index is 13.0. The molecule has 0 bridgehead atoms. The first kappa shape index (κ1) is 21.4. The molecule has 1 unspecified atom stereocenters. The van der Waals surface area contributed by atoms with E-state index in [1.54, 1.807) is 6.07 Å². The minimum absolute atomic E-state index is 0.0136. The summed E-state index contributed by atoms with van der Waals surface area (Å²) in [5, 5.41) is 12.4. The Bertz CT molecular complexity index is 999. The molecule has 30 heavy (non-hydrogen) atoms. The van der Waals surface area contributed by atoms with Crippen molar-refractivity contribution in [3.05, 3.63) is 77.8 Å². The smallest absolute Gasteiger partial charge is 0.416 e. The van der Waals surface area contributed by atoms with Crippen LogP contribution in [0.15, 0.2) is 65.1 Å². The number of ether oxygens (including phenoxy) is 1. The van der Waals surface area contributed by atoms with Gasteiger partial charge in [-0.25, -0.2) is 4.39 Å². The molecule has 0 aliphatic rings. The zero-order chi connectivity index (χ0) is 21.7. The lowest BCUT2D eigenvalue weighted by atomic mass is 10.2. The Kier molecular flexibility index (Phi) is 6.41. The van der Waals surface area contributed by atoms with E-state index in [0.717, 1.165) is 12.1 Å². The number of hydrogen-bond acceptors (Lipinski definition) is 4.